The largest absolute Gasteiger partial charge is 0.458 e. The molecule has 0 radical (unpaired) electrons. The fourth-order valence-corrected chi connectivity index (χ4v) is 5.44. The van der Waals surface area contributed by atoms with E-state index in [2.05, 4.69) is 4.98 Å². The number of carbonyl (C=O) groups is 3. The standard InChI is InChI=1S/C18H15ClN2O4S2/c1-2-25-18(24)27-17-20-12-8-13(11(19)7-14(12)26-17)21-15(22)9-5-3-4-6-10(9)16(21)23/h7-8H,2-6H2,1H3. The van der Waals surface area contributed by atoms with Gasteiger partial charge in [-0.3, -0.25) is 9.59 Å². The van der Waals surface area contributed by atoms with E-state index in [0.717, 1.165) is 34.2 Å². The van der Waals surface area contributed by atoms with Crippen molar-refractivity contribution in [2.45, 2.75) is 36.9 Å². The fourth-order valence-electron chi connectivity index (χ4n) is 3.31. The van der Waals surface area contributed by atoms with E-state index in [1.54, 1.807) is 19.1 Å². The molecule has 1 aliphatic heterocycles. The van der Waals surface area contributed by atoms with Gasteiger partial charge in [-0.15, -0.1) is 11.3 Å². The van der Waals surface area contributed by atoms with Crippen molar-refractivity contribution < 1.29 is 19.1 Å². The number of amides is 2. The molecule has 1 aromatic carbocycles. The number of fused-ring (bicyclic) bond motifs is 1. The Morgan fingerprint density at radius 3 is 2.56 bits per heavy atom. The number of halogens is 1. The van der Waals surface area contributed by atoms with E-state index in [0.29, 0.717) is 51.2 Å². The highest BCUT2D eigenvalue weighted by molar-refractivity contribution is 8.14. The molecule has 4 rings (SSSR count). The number of thioether (sulfide) groups is 1. The number of ether oxygens (including phenoxy) is 1. The molecule has 9 heteroatoms. The monoisotopic (exact) mass is 422 g/mol. The molecule has 0 bridgehead atoms. The maximum absolute atomic E-state index is 12.8. The van der Waals surface area contributed by atoms with Gasteiger partial charge in [0.1, 0.15) is 0 Å². The van der Waals surface area contributed by atoms with E-state index in [4.69, 9.17) is 16.3 Å². The molecule has 0 N–H and O–H groups in total. The number of benzene rings is 1. The highest BCUT2D eigenvalue weighted by Gasteiger charge is 2.40. The highest BCUT2D eigenvalue weighted by atomic mass is 35.5. The summed E-state index contributed by atoms with van der Waals surface area (Å²) >= 11 is 8.60. The van der Waals surface area contributed by atoms with Crippen molar-refractivity contribution in [1.29, 1.82) is 0 Å². The highest BCUT2D eigenvalue weighted by Crippen LogP contribution is 2.41. The molecular formula is C18H15ClN2O4S2. The van der Waals surface area contributed by atoms with Crippen LogP contribution < -0.4 is 4.90 Å². The van der Waals surface area contributed by atoms with Gasteiger partial charge in [-0.1, -0.05) is 11.6 Å². The third-order valence-electron chi connectivity index (χ3n) is 4.50. The predicted molar refractivity (Wildman–Crippen MR) is 105 cm³/mol. The third kappa shape index (κ3) is 3.26. The molecule has 6 nitrogen and oxygen atoms in total. The number of rotatable bonds is 3. The van der Waals surface area contributed by atoms with Gasteiger partial charge in [-0.25, -0.2) is 14.7 Å². The first-order valence-electron chi connectivity index (χ1n) is 8.55. The molecule has 0 unspecified atom stereocenters. The average molecular weight is 423 g/mol. The van der Waals surface area contributed by atoms with E-state index < -0.39 is 5.30 Å². The van der Waals surface area contributed by atoms with E-state index in [-0.39, 0.29) is 11.8 Å². The molecule has 2 heterocycles. The number of anilines is 1. The van der Waals surface area contributed by atoms with Gasteiger partial charge in [-0.05, 0) is 44.7 Å². The topological polar surface area (TPSA) is 76.6 Å². The van der Waals surface area contributed by atoms with Crippen LogP contribution in [0, 0.1) is 0 Å². The van der Waals surface area contributed by atoms with Crippen LogP contribution in [0.5, 0.6) is 0 Å². The summed E-state index contributed by atoms with van der Waals surface area (Å²) in [7, 11) is 0. The van der Waals surface area contributed by atoms with E-state index in [9.17, 15) is 14.4 Å². The van der Waals surface area contributed by atoms with Crippen LogP contribution in [0.3, 0.4) is 0 Å². The molecule has 2 aromatic rings. The summed E-state index contributed by atoms with van der Waals surface area (Å²) in [6.07, 6.45) is 3.10. The summed E-state index contributed by atoms with van der Waals surface area (Å²) in [5.41, 5.74) is 2.14. The Labute approximate surface area is 168 Å². The minimum Gasteiger partial charge on any atom is -0.458 e. The summed E-state index contributed by atoms with van der Waals surface area (Å²) in [5.74, 6) is -0.570. The second kappa shape index (κ2) is 7.26. The van der Waals surface area contributed by atoms with Crippen LogP contribution in [-0.4, -0.2) is 28.7 Å². The lowest BCUT2D eigenvalue weighted by Gasteiger charge is -2.16. The molecule has 0 atom stereocenters. The Morgan fingerprint density at radius 1 is 1.26 bits per heavy atom. The number of thiazole rings is 1. The van der Waals surface area contributed by atoms with Crippen molar-refractivity contribution in [3.8, 4) is 0 Å². The molecule has 2 amide bonds. The van der Waals surface area contributed by atoms with Crippen molar-refractivity contribution in [2.75, 3.05) is 11.5 Å². The minimum absolute atomic E-state index is 0.285. The molecular weight excluding hydrogens is 408 g/mol. The van der Waals surface area contributed by atoms with Gasteiger partial charge in [0, 0.05) is 22.9 Å². The number of hydrogen-bond donors (Lipinski definition) is 0. The van der Waals surface area contributed by atoms with Gasteiger partial charge in [0.2, 0.25) is 0 Å². The predicted octanol–water partition coefficient (Wildman–Crippen LogP) is 4.94. The lowest BCUT2D eigenvalue weighted by molar-refractivity contribution is -0.120. The lowest BCUT2D eigenvalue weighted by Crippen LogP contribution is -2.31. The quantitative estimate of drug-likeness (QED) is 0.396. The summed E-state index contributed by atoms with van der Waals surface area (Å²) in [4.78, 5) is 42.7. The summed E-state index contributed by atoms with van der Waals surface area (Å²) in [5, 5.41) is -0.120. The SMILES string of the molecule is CCOC(=O)Sc1nc2cc(N3C(=O)C4=C(CCCC4)C3=O)c(Cl)cc2s1. The molecule has 2 aliphatic rings. The summed E-state index contributed by atoms with van der Waals surface area (Å²) < 4.78 is 6.21. The molecule has 0 fully saturated rings. The first-order valence-corrected chi connectivity index (χ1v) is 10.6. The van der Waals surface area contributed by atoms with Gasteiger partial charge >= 0.3 is 5.30 Å². The normalized spacial score (nSPS) is 17.0. The second-order valence-electron chi connectivity index (χ2n) is 6.15. The van der Waals surface area contributed by atoms with Crippen molar-refractivity contribution in [3.63, 3.8) is 0 Å². The number of hydrogen-bond acceptors (Lipinski definition) is 7. The van der Waals surface area contributed by atoms with Crippen LogP contribution in [0.15, 0.2) is 27.6 Å². The fraction of sp³-hybridized carbons (Fsp3) is 0.333. The maximum Gasteiger partial charge on any atom is 0.374 e. The zero-order valence-electron chi connectivity index (χ0n) is 14.4. The number of nitrogens with zero attached hydrogens (tertiary/aromatic N) is 2. The van der Waals surface area contributed by atoms with E-state index in [1.807, 2.05) is 0 Å². The van der Waals surface area contributed by atoms with E-state index in [1.165, 1.54) is 11.3 Å². The average Bonchev–Trinajstić information content (AvgIpc) is 3.13. The van der Waals surface area contributed by atoms with Crippen LogP contribution in [0.2, 0.25) is 5.02 Å². The number of carbonyl (C=O) groups excluding carboxylic acids is 3. The molecule has 140 valence electrons. The van der Waals surface area contributed by atoms with Crippen molar-refractivity contribution in [1.82, 2.24) is 4.98 Å². The minimum atomic E-state index is -0.426. The molecule has 1 aromatic heterocycles. The Morgan fingerprint density at radius 2 is 1.93 bits per heavy atom. The Kier molecular flexibility index (Phi) is 4.96. The number of imide groups is 1. The lowest BCUT2D eigenvalue weighted by atomic mass is 9.93. The van der Waals surface area contributed by atoms with Gasteiger partial charge in [0.05, 0.1) is 27.5 Å². The zero-order valence-corrected chi connectivity index (χ0v) is 16.8. The first-order chi connectivity index (χ1) is 13.0. The summed E-state index contributed by atoms with van der Waals surface area (Å²) in [6, 6.07) is 3.31. The molecule has 0 saturated heterocycles. The van der Waals surface area contributed by atoms with Crippen LogP contribution in [0.25, 0.3) is 10.2 Å². The van der Waals surface area contributed by atoms with Crippen LogP contribution in [-0.2, 0) is 14.3 Å². The second-order valence-corrected chi connectivity index (χ2v) is 8.77. The molecule has 0 saturated carbocycles. The molecule has 0 spiro atoms. The Bertz CT molecular complexity index is 986. The van der Waals surface area contributed by atoms with Crippen molar-refractivity contribution in [2.24, 2.45) is 0 Å². The Balaban J connectivity index is 1.68. The zero-order chi connectivity index (χ0) is 19.1. The van der Waals surface area contributed by atoms with Crippen LogP contribution in [0.4, 0.5) is 10.5 Å². The first kappa shape index (κ1) is 18.5. The van der Waals surface area contributed by atoms with Crippen molar-refractivity contribution in [3.05, 3.63) is 28.3 Å². The number of aromatic nitrogens is 1. The Hall–Kier alpha value is -1.90. The van der Waals surface area contributed by atoms with Crippen molar-refractivity contribution >= 4 is 67.7 Å². The van der Waals surface area contributed by atoms with Gasteiger partial charge in [0.25, 0.3) is 11.8 Å². The van der Waals surface area contributed by atoms with Crippen LogP contribution in [0.1, 0.15) is 32.6 Å². The van der Waals surface area contributed by atoms with Gasteiger partial charge in [0.15, 0.2) is 4.34 Å². The van der Waals surface area contributed by atoms with Gasteiger partial charge < -0.3 is 4.74 Å². The van der Waals surface area contributed by atoms with E-state index >= 15 is 0 Å². The molecule has 1 aliphatic carbocycles. The smallest absolute Gasteiger partial charge is 0.374 e. The summed E-state index contributed by atoms with van der Waals surface area (Å²) in [6.45, 7) is 2.03. The third-order valence-corrected chi connectivity index (χ3v) is 6.67. The van der Waals surface area contributed by atoms with Crippen LogP contribution >= 0.6 is 34.7 Å². The van der Waals surface area contributed by atoms with Gasteiger partial charge in [-0.2, -0.15) is 0 Å². The maximum atomic E-state index is 12.8. The molecule has 27 heavy (non-hydrogen) atoms.